The van der Waals surface area contributed by atoms with E-state index in [0.717, 1.165) is 25.7 Å². The summed E-state index contributed by atoms with van der Waals surface area (Å²) in [6.07, 6.45) is 9.80. The summed E-state index contributed by atoms with van der Waals surface area (Å²) >= 11 is 0. The van der Waals surface area contributed by atoms with Gasteiger partial charge in [0.05, 0.1) is 12.7 Å². The van der Waals surface area contributed by atoms with Crippen LogP contribution in [-0.2, 0) is 4.74 Å². The fourth-order valence-corrected chi connectivity index (χ4v) is 3.25. The van der Waals surface area contributed by atoms with Crippen LogP contribution in [0.1, 0.15) is 51.9 Å². The predicted octanol–water partition coefficient (Wildman–Crippen LogP) is 2.41. The molecule has 0 aromatic heterocycles. The lowest BCUT2D eigenvalue weighted by atomic mass is 9.93. The van der Waals surface area contributed by atoms with Crippen LogP contribution >= 0.6 is 0 Å². The summed E-state index contributed by atoms with van der Waals surface area (Å²) in [4.78, 5) is 2.56. The van der Waals surface area contributed by atoms with Crippen LogP contribution in [0, 0.1) is 0 Å². The minimum Gasteiger partial charge on any atom is -0.377 e. The highest BCUT2D eigenvalue weighted by molar-refractivity contribution is 4.77. The summed E-state index contributed by atoms with van der Waals surface area (Å²) in [5, 5.41) is 3.55. The first-order valence-electron chi connectivity index (χ1n) is 7.96. The first kappa shape index (κ1) is 14.3. The molecule has 0 aromatic rings. The Bertz CT molecular complexity index is 209. The number of hydrogen-bond donors (Lipinski definition) is 1. The van der Waals surface area contributed by atoms with Crippen molar-refractivity contribution in [3.63, 3.8) is 0 Å². The molecule has 0 radical (unpaired) electrons. The zero-order valence-corrected chi connectivity index (χ0v) is 12.0. The molecule has 1 saturated carbocycles. The van der Waals surface area contributed by atoms with Crippen molar-refractivity contribution in [2.24, 2.45) is 0 Å². The topological polar surface area (TPSA) is 24.5 Å². The fraction of sp³-hybridized carbons (Fsp3) is 1.00. The Kier molecular flexibility index (Phi) is 6.46. The highest BCUT2D eigenvalue weighted by Gasteiger charge is 2.21. The maximum atomic E-state index is 6.04. The van der Waals surface area contributed by atoms with Gasteiger partial charge >= 0.3 is 0 Å². The number of ether oxygens (including phenoxy) is 1. The average Bonchev–Trinajstić information content (AvgIpc) is 2.42. The molecule has 1 saturated heterocycles. The van der Waals surface area contributed by atoms with Gasteiger partial charge in [0.1, 0.15) is 0 Å². The lowest BCUT2D eigenvalue weighted by Crippen LogP contribution is -2.37. The minimum absolute atomic E-state index is 0.532. The van der Waals surface area contributed by atoms with Gasteiger partial charge < -0.3 is 15.0 Å². The summed E-state index contributed by atoms with van der Waals surface area (Å²) in [5.41, 5.74) is 0. The second-order valence-electron chi connectivity index (χ2n) is 5.80. The van der Waals surface area contributed by atoms with Crippen molar-refractivity contribution in [2.75, 3.05) is 32.8 Å². The molecule has 0 amide bonds. The average molecular weight is 254 g/mol. The summed E-state index contributed by atoms with van der Waals surface area (Å²) in [7, 11) is 0. The molecule has 3 nitrogen and oxygen atoms in total. The van der Waals surface area contributed by atoms with Crippen molar-refractivity contribution in [3.05, 3.63) is 0 Å². The number of piperidine rings is 1. The number of rotatable bonds is 6. The maximum Gasteiger partial charge on any atom is 0.0597 e. The van der Waals surface area contributed by atoms with Gasteiger partial charge in [0.2, 0.25) is 0 Å². The first-order chi connectivity index (χ1) is 8.88. The lowest BCUT2D eigenvalue weighted by Gasteiger charge is -2.30. The van der Waals surface area contributed by atoms with Gasteiger partial charge in [-0.2, -0.15) is 0 Å². The van der Waals surface area contributed by atoms with Crippen molar-refractivity contribution in [3.8, 4) is 0 Å². The molecule has 3 heteroatoms. The Morgan fingerprint density at radius 1 is 1.06 bits per heavy atom. The van der Waals surface area contributed by atoms with Crippen LogP contribution in [0.15, 0.2) is 0 Å². The molecule has 0 atom stereocenters. The van der Waals surface area contributed by atoms with E-state index in [2.05, 4.69) is 17.1 Å². The van der Waals surface area contributed by atoms with E-state index in [0.29, 0.717) is 6.10 Å². The molecular formula is C15H30N2O. The van der Waals surface area contributed by atoms with Crippen LogP contribution in [0.25, 0.3) is 0 Å². The summed E-state index contributed by atoms with van der Waals surface area (Å²) in [5.74, 6) is 0. The Hall–Kier alpha value is -0.120. The second kappa shape index (κ2) is 8.13. The highest BCUT2D eigenvalue weighted by Crippen LogP contribution is 2.21. The van der Waals surface area contributed by atoms with Gasteiger partial charge in [-0.3, -0.25) is 0 Å². The van der Waals surface area contributed by atoms with Crippen LogP contribution in [0.3, 0.4) is 0 Å². The first-order valence-corrected chi connectivity index (χ1v) is 7.96. The van der Waals surface area contributed by atoms with E-state index < -0.39 is 0 Å². The summed E-state index contributed by atoms with van der Waals surface area (Å²) in [6.45, 7) is 7.96. The van der Waals surface area contributed by atoms with Gasteiger partial charge in [-0.05, 0) is 58.2 Å². The van der Waals surface area contributed by atoms with Crippen LogP contribution in [-0.4, -0.2) is 49.8 Å². The molecular weight excluding hydrogens is 224 g/mol. The molecule has 0 bridgehead atoms. The monoisotopic (exact) mass is 254 g/mol. The molecule has 1 N–H and O–H groups in total. The lowest BCUT2D eigenvalue weighted by molar-refractivity contribution is 0.00925. The fourth-order valence-electron chi connectivity index (χ4n) is 3.25. The van der Waals surface area contributed by atoms with Crippen molar-refractivity contribution in [1.29, 1.82) is 0 Å². The van der Waals surface area contributed by atoms with E-state index >= 15 is 0 Å². The smallest absolute Gasteiger partial charge is 0.0597 e. The van der Waals surface area contributed by atoms with Gasteiger partial charge in [0.15, 0.2) is 0 Å². The van der Waals surface area contributed by atoms with Crippen LogP contribution in [0.4, 0.5) is 0 Å². The molecule has 1 aliphatic heterocycles. The van der Waals surface area contributed by atoms with Gasteiger partial charge in [0.25, 0.3) is 0 Å². The Balaban J connectivity index is 1.52. The molecule has 0 aromatic carbocycles. The Morgan fingerprint density at radius 2 is 1.78 bits per heavy atom. The van der Waals surface area contributed by atoms with Crippen molar-refractivity contribution in [2.45, 2.75) is 64.0 Å². The number of likely N-dealkylation sites (tertiary alicyclic amines) is 1. The second-order valence-corrected chi connectivity index (χ2v) is 5.80. The van der Waals surface area contributed by atoms with Crippen molar-refractivity contribution in [1.82, 2.24) is 10.2 Å². The third-order valence-electron chi connectivity index (χ3n) is 4.38. The van der Waals surface area contributed by atoms with E-state index in [1.165, 1.54) is 58.0 Å². The molecule has 2 fully saturated rings. The molecule has 2 rings (SSSR count). The molecule has 0 spiro atoms. The van der Waals surface area contributed by atoms with Gasteiger partial charge in [0, 0.05) is 12.6 Å². The maximum absolute atomic E-state index is 6.04. The molecule has 0 unspecified atom stereocenters. The van der Waals surface area contributed by atoms with Crippen molar-refractivity contribution < 1.29 is 4.74 Å². The molecule has 1 heterocycles. The number of nitrogens with one attached hydrogen (secondary N) is 1. The van der Waals surface area contributed by atoms with E-state index in [9.17, 15) is 0 Å². The zero-order valence-electron chi connectivity index (χ0n) is 12.0. The third kappa shape index (κ3) is 4.87. The Labute approximate surface area is 112 Å². The molecule has 106 valence electrons. The largest absolute Gasteiger partial charge is 0.377 e. The van der Waals surface area contributed by atoms with Gasteiger partial charge in [-0.1, -0.05) is 13.3 Å². The zero-order chi connectivity index (χ0) is 12.6. The van der Waals surface area contributed by atoms with Crippen LogP contribution in [0.5, 0.6) is 0 Å². The van der Waals surface area contributed by atoms with Crippen LogP contribution in [0.2, 0.25) is 0 Å². The van der Waals surface area contributed by atoms with E-state index in [-0.39, 0.29) is 0 Å². The highest BCUT2D eigenvalue weighted by atomic mass is 16.5. The van der Waals surface area contributed by atoms with Gasteiger partial charge in [-0.25, -0.2) is 0 Å². The SMILES string of the molecule is CCNC1CCC(OCCN2CCCCC2)CC1. The normalized spacial score (nSPS) is 30.5. The van der Waals surface area contributed by atoms with E-state index in [1.54, 1.807) is 0 Å². The quantitative estimate of drug-likeness (QED) is 0.788. The molecule has 18 heavy (non-hydrogen) atoms. The van der Waals surface area contributed by atoms with Crippen molar-refractivity contribution >= 4 is 0 Å². The molecule has 2 aliphatic rings. The number of hydrogen-bond acceptors (Lipinski definition) is 3. The summed E-state index contributed by atoms with van der Waals surface area (Å²) in [6, 6.07) is 0.747. The minimum atomic E-state index is 0.532. The standard InChI is InChI=1S/C15H30N2O/c1-2-16-14-6-8-15(9-7-14)18-13-12-17-10-4-3-5-11-17/h14-16H,2-13H2,1H3. The predicted molar refractivity (Wildman–Crippen MR) is 76.0 cm³/mol. The summed E-state index contributed by atoms with van der Waals surface area (Å²) < 4.78 is 6.04. The molecule has 1 aliphatic carbocycles. The van der Waals surface area contributed by atoms with Gasteiger partial charge in [-0.15, -0.1) is 0 Å². The van der Waals surface area contributed by atoms with E-state index in [4.69, 9.17) is 4.74 Å². The third-order valence-corrected chi connectivity index (χ3v) is 4.38. The van der Waals surface area contributed by atoms with Crippen LogP contribution < -0.4 is 5.32 Å². The number of nitrogens with zero attached hydrogens (tertiary/aromatic N) is 1. The van der Waals surface area contributed by atoms with E-state index in [1.807, 2.05) is 0 Å². The Morgan fingerprint density at radius 3 is 2.44 bits per heavy atom.